The molecule has 28 heavy (non-hydrogen) atoms. The van der Waals surface area contributed by atoms with E-state index in [0.717, 1.165) is 11.1 Å². The Kier molecular flexibility index (Phi) is 6.34. The Hall–Kier alpha value is -2.82. The standard InChI is InChI=1S/C22H17Cl2NO3/c1-14(28-22(27)18-13-16(23)11-12-19(18)24)21(26)25-20-10-6-5-9-17(20)15-7-3-2-4-8-15/h2-14H,1H3,(H,25,26)/t14-/m1/s1. The van der Waals surface area contributed by atoms with E-state index in [1.54, 1.807) is 12.1 Å². The van der Waals surface area contributed by atoms with E-state index in [9.17, 15) is 9.59 Å². The molecule has 0 spiro atoms. The molecule has 0 unspecified atom stereocenters. The van der Waals surface area contributed by atoms with Gasteiger partial charge in [-0.1, -0.05) is 71.7 Å². The van der Waals surface area contributed by atoms with Crippen LogP contribution in [0.1, 0.15) is 17.3 Å². The maximum atomic E-state index is 12.6. The van der Waals surface area contributed by atoms with Crippen molar-refractivity contribution in [2.24, 2.45) is 0 Å². The van der Waals surface area contributed by atoms with Crippen LogP contribution in [0, 0.1) is 0 Å². The first-order valence-corrected chi connectivity index (χ1v) is 9.32. The molecule has 3 aromatic rings. The second-order valence-corrected chi connectivity index (χ2v) is 6.92. The number of para-hydroxylation sites is 1. The summed E-state index contributed by atoms with van der Waals surface area (Å²) in [4.78, 5) is 24.9. The van der Waals surface area contributed by atoms with Crippen molar-refractivity contribution in [3.63, 3.8) is 0 Å². The summed E-state index contributed by atoms with van der Waals surface area (Å²) in [5.74, 6) is -1.17. The van der Waals surface area contributed by atoms with E-state index in [-0.39, 0.29) is 10.6 Å². The minimum atomic E-state index is -1.02. The SMILES string of the molecule is C[C@@H](OC(=O)c1cc(Cl)ccc1Cl)C(=O)Nc1ccccc1-c1ccccc1. The summed E-state index contributed by atoms with van der Waals surface area (Å²) in [6.07, 6.45) is -1.02. The van der Waals surface area contributed by atoms with E-state index in [0.29, 0.717) is 10.7 Å². The van der Waals surface area contributed by atoms with Gasteiger partial charge in [0, 0.05) is 16.3 Å². The van der Waals surface area contributed by atoms with E-state index < -0.39 is 18.0 Å². The third-order valence-electron chi connectivity index (χ3n) is 4.07. The van der Waals surface area contributed by atoms with Crippen LogP contribution in [-0.4, -0.2) is 18.0 Å². The van der Waals surface area contributed by atoms with Crippen molar-refractivity contribution in [3.05, 3.63) is 88.4 Å². The van der Waals surface area contributed by atoms with Crippen molar-refractivity contribution in [2.75, 3.05) is 5.32 Å². The molecule has 3 rings (SSSR count). The molecule has 6 heteroatoms. The predicted molar refractivity (Wildman–Crippen MR) is 112 cm³/mol. The Morgan fingerprint density at radius 2 is 1.61 bits per heavy atom. The second kappa shape index (κ2) is 8.91. The molecule has 0 aromatic heterocycles. The molecule has 1 amide bonds. The number of benzene rings is 3. The smallest absolute Gasteiger partial charge is 0.340 e. The van der Waals surface area contributed by atoms with Gasteiger partial charge in [0.05, 0.1) is 10.6 Å². The van der Waals surface area contributed by atoms with Gasteiger partial charge in [0.2, 0.25) is 0 Å². The highest BCUT2D eigenvalue weighted by atomic mass is 35.5. The third kappa shape index (κ3) is 4.71. The number of carbonyl (C=O) groups is 2. The molecule has 0 aliphatic heterocycles. The molecule has 0 aliphatic carbocycles. The number of anilines is 1. The Labute approximate surface area is 173 Å². The summed E-state index contributed by atoms with van der Waals surface area (Å²) < 4.78 is 5.26. The number of hydrogen-bond acceptors (Lipinski definition) is 3. The van der Waals surface area contributed by atoms with Crippen molar-refractivity contribution in [3.8, 4) is 11.1 Å². The van der Waals surface area contributed by atoms with Crippen molar-refractivity contribution < 1.29 is 14.3 Å². The summed E-state index contributed by atoms with van der Waals surface area (Å²) >= 11 is 11.9. The molecule has 3 aromatic carbocycles. The molecule has 142 valence electrons. The summed E-state index contributed by atoms with van der Waals surface area (Å²) in [6, 6.07) is 21.6. The van der Waals surface area contributed by atoms with Gasteiger partial charge in [-0.15, -0.1) is 0 Å². The lowest BCUT2D eigenvalue weighted by Gasteiger charge is -2.16. The van der Waals surface area contributed by atoms with Crippen molar-refractivity contribution in [2.45, 2.75) is 13.0 Å². The van der Waals surface area contributed by atoms with Gasteiger partial charge in [0.1, 0.15) is 0 Å². The zero-order valence-corrected chi connectivity index (χ0v) is 16.5. The zero-order valence-electron chi connectivity index (χ0n) is 15.0. The van der Waals surface area contributed by atoms with Gasteiger partial charge in [0.15, 0.2) is 6.10 Å². The van der Waals surface area contributed by atoms with Crippen molar-refractivity contribution >= 4 is 40.8 Å². The first-order chi connectivity index (χ1) is 13.5. The monoisotopic (exact) mass is 413 g/mol. The van der Waals surface area contributed by atoms with E-state index in [2.05, 4.69) is 5.32 Å². The lowest BCUT2D eigenvalue weighted by Crippen LogP contribution is -2.30. The number of hydrogen-bond donors (Lipinski definition) is 1. The van der Waals surface area contributed by atoms with Crippen LogP contribution in [-0.2, 0) is 9.53 Å². The fraction of sp³-hybridized carbons (Fsp3) is 0.0909. The number of amides is 1. The lowest BCUT2D eigenvalue weighted by molar-refractivity contribution is -0.123. The van der Waals surface area contributed by atoms with Crippen LogP contribution in [0.2, 0.25) is 10.0 Å². The highest BCUT2D eigenvalue weighted by molar-refractivity contribution is 6.35. The van der Waals surface area contributed by atoms with Gasteiger partial charge < -0.3 is 10.1 Å². The lowest BCUT2D eigenvalue weighted by atomic mass is 10.0. The zero-order chi connectivity index (χ0) is 20.1. The molecule has 0 aliphatic rings. The van der Waals surface area contributed by atoms with Crippen LogP contribution < -0.4 is 5.32 Å². The van der Waals surface area contributed by atoms with E-state index >= 15 is 0 Å². The highest BCUT2D eigenvalue weighted by Crippen LogP contribution is 2.28. The van der Waals surface area contributed by atoms with E-state index in [1.807, 2.05) is 48.5 Å². The third-order valence-corrected chi connectivity index (χ3v) is 4.64. The van der Waals surface area contributed by atoms with Gasteiger partial charge in [-0.25, -0.2) is 4.79 Å². The van der Waals surface area contributed by atoms with Crippen LogP contribution in [0.25, 0.3) is 11.1 Å². The molecule has 0 heterocycles. The molecule has 0 bridgehead atoms. The first-order valence-electron chi connectivity index (χ1n) is 8.57. The molecule has 4 nitrogen and oxygen atoms in total. The minimum Gasteiger partial charge on any atom is -0.449 e. The molecular weight excluding hydrogens is 397 g/mol. The van der Waals surface area contributed by atoms with Gasteiger partial charge in [-0.05, 0) is 36.8 Å². The average molecular weight is 414 g/mol. The number of ether oxygens (including phenoxy) is 1. The first kappa shape index (κ1) is 19.9. The summed E-state index contributed by atoms with van der Waals surface area (Å²) in [6.45, 7) is 1.50. The van der Waals surface area contributed by atoms with Gasteiger partial charge in [-0.2, -0.15) is 0 Å². The average Bonchev–Trinajstić information content (AvgIpc) is 2.70. The Balaban J connectivity index is 1.73. The topological polar surface area (TPSA) is 55.4 Å². The van der Waals surface area contributed by atoms with Crippen molar-refractivity contribution in [1.29, 1.82) is 0 Å². The summed E-state index contributed by atoms with van der Waals surface area (Å²) in [7, 11) is 0. The number of nitrogens with one attached hydrogen (secondary N) is 1. The molecule has 1 atom stereocenters. The molecule has 0 saturated heterocycles. The Morgan fingerprint density at radius 1 is 0.929 bits per heavy atom. The van der Waals surface area contributed by atoms with Crippen LogP contribution in [0.4, 0.5) is 5.69 Å². The van der Waals surface area contributed by atoms with Crippen molar-refractivity contribution in [1.82, 2.24) is 0 Å². The molecule has 0 radical (unpaired) electrons. The summed E-state index contributed by atoms with van der Waals surface area (Å²) in [5.41, 5.74) is 2.57. The number of carbonyl (C=O) groups excluding carboxylic acids is 2. The van der Waals surface area contributed by atoms with Crippen LogP contribution in [0.15, 0.2) is 72.8 Å². The molecule has 0 fully saturated rings. The van der Waals surface area contributed by atoms with Crippen LogP contribution in [0.3, 0.4) is 0 Å². The number of halogens is 2. The largest absolute Gasteiger partial charge is 0.449 e. The number of esters is 1. The maximum absolute atomic E-state index is 12.6. The van der Waals surface area contributed by atoms with Crippen LogP contribution in [0.5, 0.6) is 0 Å². The molecule has 1 N–H and O–H groups in total. The highest BCUT2D eigenvalue weighted by Gasteiger charge is 2.21. The fourth-order valence-electron chi connectivity index (χ4n) is 2.63. The van der Waals surface area contributed by atoms with Gasteiger partial charge in [0.25, 0.3) is 5.91 Å². The normalized spacial score (nSPS) is 11.5. The maximum Gasteiger partial charge on any atom is 0.340 e. The van der Waals surface area contributed by atoms with Gasteiger partial charge >= 0.3 is 5.97 Å². The predicted octanol–water partition coefficient (Wildman–Crippen LogP) is 5.84. The number of rotatable bonds is 5. The molecule has 0 saturated carbocycles. The minimum absolute atomic E-state index is 0.110. The molecular formula is C22H17Cl2NO3. The van der Waals surface area contributed by atoms with Crippen LogP contribution >= 0.6 is 23.2 Å². The Morgan fingerprint density at radius 3 is 2.36 bits per heavy atom. The fourth-order valence-corrected chi connectivity index (χ4v) is 2.99. The summed E-state index contributed by atoms with van der Waals surface area (Å²) in [5, 5.41) is 3.37. The quantitative estimate of drug-likeness (QED) is 0.534. The Bertz CT molecular complexity index is 1010. The van der Waals surface area contributed by atoms with E-state index in [1.165, 1.54) is 19.1 Å². The second-order valence-electron chi connectivity index (χ2n) is 6.07. The van der Waals surface area contributed by atoms with E-state index in [4.69, 9.17) is 27.9 Å². The van der Waals surface area contributed by atoms with Gasteiger partial charge in [-0.3, -0.25) is 4.79 Å².